The minimum Gasteiger partial charge on any atom is -0.478 e. The molecule has 0 radical (unpaired) electrons. The fraction of sp³-hybridized carbons (Fsp3) is 0.556. The van der Waals surface area contributed by atoms with Gasteiger partial charge in [0.15, 0.2) is 0 Å². The Kier molecular flexibility index (Phi) is 3.06. The van der Waals surface area contributed by atoms with Gasteiger partial charge in [0.2, 0.25) is 5.91 Å². The summed E-state index contributed by atoms with van der Waals surface area (Å²) in [4.78, 5) is 23.2. The maximum absolute atomic E-state index is 11.1. The van der Waals surface area contributed by atoms with Crippen molar-refractivity contribution in [2.75, 3.05) is 6.54 Å². The Morgan fingerprint density at radius 2 is 2.38 bits per heavy atom. The number of carbonyl (C=O) groups is 2. The molecule has 13 heavy (non-hydrogen) atoms. The van der Waals surface area contributed by atoms with Gasteiger partial charge in [0, 0.05) is 19.2 Å². The van der Waals surface area contributed by atoms with E-state index < -0.39 is 5.97 Å². The summed E-state index contributed by atoms with van der Waals surface area (Å²) in [5.74, 6) is -0.922. The molecule has 1 aliphatic rings. The summed E-state index contributed by atoms with van der Waals surface area (Å²) in [6.07, 6.45) is 3.26. The van der Waals surface area contributed by atoms with Gasteiger partial charge in [0.1, 0.15) is 0 Å². The molecular weight excluding hydrogens is 170 g/mol. The van der Waals surface area contributed by atoms with Crippen LogP contribution in [-0.4, -0.2) is 28.4 Å². The number of aliphatic carboxylic acids is 1. The summed E-state index contributed by atoms with van der Waals surface area (Å²) in [5, 5.41) is 8.71. The fourth-order valence-corrected chi connectivity index (χ4v) is 1.29. The largest absolute Gasteiger partial charge is 0.478 e. The number of carboxylic acids is 1. The highest BCUT2D eigenvalue weighted by molar-refractivity contribution is 5.88. The standard InChI is InChI=1S/C9H13NO3/c1-2-7(9(12)13)6-10-5-3-4-8(10)11/h6H,2-5H2,1H3,(H,12,13). The van der Waals surface area contributed by atoms with E-state index in [0.717, 1.165) is 6.42 Å². The second-order valence-corrected chi connectivity index (χ2v) is 3.00. The van der Waals surface area contributed by atoms with Crippen LogP contribution in [0.2, 0.25) is 0 Å². The zero-order chi connectivity index (χ0) is 9.84. The first-order chi connectivity index (χ1) is 6.15. The van der Waals surface area contributed by atoms with Crippen molar-refractivity contribution in [1.29, 1.82) is 0 Å². The molecule has 1 amide bonds. The molecule has 1 aliphatic heterocycles. The minimum atomic E-state index is -0.942. The lowest BCUT2D eigenvalue weighted by atomic mass is 10.2. The maximum atomic E-state index is 11.1. The Balaban J connectivity index is 2.71. The fourth-order valence-electron chi connectivity index (χ4n) is 1.29. The average Bonchev–Trinajstić information content (AvgIpc) is 2.46. The van der Waals surface area contributed by atoms with Gasteiger partial charge in [-0.3, -0.25) is 4.79 Å². The van der Waals surface area contributed by atoms with Gasteiger partial charge in [-0.05, 0) is 12.8 Å². The predicted octanol–water partition coefficient (Wildman–Crippen LogP) is 0.987. The highest BCUT2D eigenvalue weighted by Crippen LogP contribution is 2.12. The highest BCUT2D eigenvalue weighted by atomic mass is 16.4. The molecule has 1 fully saturated rings. The van der Waals surface area contributed by atoms with Gasteiger partial charge >= 0.3 is 5.97 Å². The zero-order valence-corrected chi connectivity index (χ0v) is 7.62. The first kappa shape index (κ1) is 9.77. The molecule has 4 heteroatoms. The molecule has 0 saturated carbocycles. The van der Waals surface area contributed by atoms with Crippen molar-refractivity contribution in [2.24, 2.45) is 0 Å². The number of likely N-dealkylation sites (tertiary alicyclic amines) is 1. The Morgan fingerprint density at radius 3 is 2.77 bits per heavy atom. The molecule has 0 aliphatic carbocycles. The number of hydrogen-bond donors (Lipinski definition) is 1. The molecule has 0 spiro atoms. The Labute approximate surface area is 76.8 Å². The summed E-state index contributed by atoms with van der Waals surface area (Å²) in [6, 6.07) is 0. The quantitative estimate of drug-likeness (QED) is 0.664. The van der Waals surface area contributed by atoms with Crippen LogP contribution in [0.3, 0.4) is 0 Å². The molecule has 72 valence electrons. The summed E-state index contributed by atoms with van der Waals surface area (Å²) >= 11 is 0. The van der Waals surface area contributed by atoms with E-state index in [4.69, 9.17) is 5.11 Å². The van der Waals surface area contributed by atoms with Crippen LogP contribution in [0.25, 0.3) is 0 Å². The smallest absolute Gasteiger partial charge is 0.333 e. The number of nitrogens with zero attached hydrogens (tertiary/aromatic N) is 1. The topological polar surface area (TPSA) is 57.6 Å². The summed E-state index contributed by atoms with van der Waals surface area (Å²) in [6.45, 7) is 2.41. The van der Waals surface area contributed by atoms with E-state index in [-0.39, 0.29) is 11.5 Å². The van der Waals surface area contributed by atoms with E-state index in [0.29, 0.717) is 19.4 Å². The molecule has 0 unspecified atom stereocenters. The summed E-state index contributed by atoms with van der Waals surface area (Å²) in [5.41, 5.74) is 0.287. The molecule has 4 nitrogen and oxygen atoms in total. The van der Waals surface area contributed by atoms with Gasteiger partial charge in [-0.25, -0.2) is 4.79 Å². The lowest BCUT2D eigenvalue weighted by Crippen LogP contribution is -2.19. The predicted molar refractivity (Wildman–Crippen MR) is 47.0 cm³/mol. The van der Waals surface area contributed by atoms with Crippen molar-refractivity contribution in [2.45, 2.75) is 26.2 Å². The van der Waals surface area contributed by atoms with Crippen molar-refractivity contribution >= 4 is 11.9 Å². The van der Waals surface area contributed by atoms with Crippen LogP contribution < -0.4 is 0 Å². The highest BCUT2D eigenvalue weighted by Gasteiger charge is 2.19. The summed E-state index contributed by atoms with van der Waals surface area (Å²) < 4.78 is 0. The van der Waals surface area contributed by atoms with Gasteiger partial charge in [-0.1, -0.05) is 6.92 Å². The molecule has 0 atom stereocenters. The van der Waals surface area contributed by atoms with Crippen molar-refractivity contribution < 1.29 is 14.7 Å². The van der Waals surface area contributed by atoms with E-state index in [1.54, 1.807) is 6.92 Å². The second kappa shape index (κ2) is 4.07. The number of hydrogen-bond acceptors (Lipinski definition) is 2. The van der Waals surface area contributed by atoms with Gasteiger partial charge in [0.25, 0.3) is 0 Å². The lowest BCUT2D eigenvalue weighted by molar-refractivity contribution is -0.132. The molecule has 0 bridgehead atoms. The van der Waals surface area contributed by atoms with E-state index >= 15 is 0 Å². The SMILES string of the molecule is CCC(=CN1CCCC1=O)C(=O)O. The van der Waals surface area contributed by atoms with Crippen LogP contribution in [0.1, 0.15) is 26.2 Å². The van der Waals surface area contributed by atoms with E-state index in [1.165, 1.54) is 11.1 Å². The van der Waals surface area contributed by atoms with Crippen LogP contribution in [-0.2, 0) is 9.59 Å². The number of rotatable bonds is 3. The van der Waals surface area contributed by atoms with Gasteiger partial charge in [0.05, 0.1) is 5.57 Å². The molecule has 0 aromatic rings. The molecule has 1 N–H and O–H groups in total. The molecule has 0 aromatic heterocycles. The third-order valence-corrected chi connectivity index (χ3v) is 2.08. The molecular formula is C9H13NO3. The zero-order valence-electron chi connectivity index (χ0n) is 7.62. The van der Waals surface area contributed by atoms with Gasteiger partial charge in [-0.15, -0.1) is 0 Å². The third-order valence-electron chi connectivity index (χ3n) is 2.08. The number of carbonyl (C=O) groups excluding carboxylic acids is 1. The number of carboxylic acid groups (broad SMARTS) is 1. The Bertz CT molecular complexity index is 258. The molecule has 1 heterocycles. The van der Waals surface area contributed by atoms with Crippen molar-refractivity contribution in [3.05, 3.63) is 11.8 Å². The van der Waals surface area contributed by atoms with E-state index in [2.05, 4.69) is 0 Å². The molecule has 1 rings (SSSR count). The van der Waals surface area contributed by atoms with Crippen molar-refractivity contribution in [1.82, 2.24) is 4.90 Å². The Morgan fingerprint density at radius 1 is 1.69 bits per heavy atom. The molecule has 1 saturated heterocycles. The second-order valence-electron chi connectivity index (χ2n) is 3.00. The summed E-state index contributed by atoms with van der Waals surface area (Å²) in [7, 11) is 0. The van der Waals surface area contributed by atoms with E-state index in [9.17, 15) is 9.59 Å². The van der Waals surface area contributed by atoms with Crippen LogP contribution in [0.5, 0.6) is 0 Å². The van der Waals surface area contributed by atoms with Crippen LogP contribution >= 0.6 is 0 Å². The van der Waals surface area contributed by atoms with Crippen LogP contribution in [0.15, 0.2) is 11.8 Å². The first-order valence-electron chi connectivity index (χ1n) is 4.38. The van der Waals surface area contributed by atoms with Crippen LogP contribution in [0.4, 0.5) is 0 Å². The molecule has 0 aromatic carbocycles. The normalized spacial score (nSPS) is 18.1. The minimum absolute atomic E-state index is 0.0206. The average molecular weight is 183 g/mol. The van der Waals surface area contributed by atoms with Gasteiger partial charge < -0.3 is 10.0 Å². The Hall–Kier alpha value is -1.32. The monoisotopic (exact) mass is 183 g/mol. The third kappa shape index (κ3) is 2.31. The van der Waals surface area contributed by atoms with Crippen LogP contribution in [0, 0.1) is 0 Å². The van der Waals surface area contributed by atoms with Crippen molar-refractivity contribution in [3.8, 4) is 0 Å². The lowest BCUT2D eigenvalue weighted by Gasteiger charge is -2.10. The number of amides is 1. The van der Waals surface area contributed by atoms with Crippen molar-refractivity contribution in [3.63, 3.8) is 0 Å². The van der Waals surface area contributed by atoms with Gasteiger partial charge in [-0.2, -0.15) is 0 Å². The van der Waals surface area contributed by atoms with E-state index in [1.807, 2.05) is 0 Å². The maximum Gasteiger partial charge on any atom is 0.333 e. The first-order valence-corrected chi connectivity index (χ1v) is 4.38.